The zero-order valence-electron chi connectivity index (χ0n) is 42.4. The summed E-state index contributed by atoms with van der Waals surface area (Å²) in [6.07, 6.45) is 7.22. The molecule has 0 aliphatic carbocycles. The third-order valence-electron chi connectivity index (χ3n) is 11.9. The number of nitrogens with two attached hydrogens (primary N) is 2. The first kappa shape index (κ1) is 58.6. The Kier molecular flexibility index (Phi) is 27.8. The van der Waals surface area contributed by atoms with Gasteiger partial charge in [0.15, 0.2) is 0 Å². The van der Waals surface area contributed by atoms with Crippen molar-refractivity contribution in [1.82, 2.24) is 63.5 Å². The Hall–Kier alpha value is -5.50. The van der Waals surface area contributed by atoms with Crippen LogP contribution in [0, 0.1) is 17.8 Å². The molecule has 386 valence electrons. The molecule has 68 heavy (non-hydrogen) atoms. The zero-order valence-corrected chi connectivity index (χ0v) is 42.4. The number of hydrogen-bond donors (Lipinski definition) is 14. The number of amides is 11. The Morgan fingerprint density at radius 3 is 1.47 bits per heavy atom. The van der Waals surface area contributed by atoms with Crippen LogP contribution < -0.4 is 70.0 Å². The molecule has 1 heterocycles. The van der Waals surface area contributed by atoms with Gasteiger partial charge in [-0.15, -0.1) is 0 Å². The lowest BCUT2D eigenvalue weighted by Crippen LogP contribution is -2.56. The van der Waals surface area contributed by atoms with Crippen molar-refractivity contribution in [3.05, 3.63) is 36.0 Å². The van der Waals surface area contributed by atoms with Crippen molar-refractivity contribution < 1.29 is 28.8 Å². The monoisotopic (exact) mass is 957 g/mol. The maximum absolute atomic E-state index is 13.4. The number of urea groups is 5. The highest BCUT2D eigenvalue weighted by Crippen LogP contribution is 2.20. The minimum Gasteiger partial charge on any atom is -0.361 e. The number of para-hydroxylation sites is 1. The Labute approximate surface area is 405 Å². The van der Waals surface area contributed by atoms with Gasteiger partial charge in [0.2, 0.25) is 5.91 Å². The molecule has 0 bridgehead atoms. The van der Waals surface area contributed by atoms with E-state index in [0.717, 1.165) is 42.1 Å². The van der Waals surface area contributed by atoms with E-state index in [1.165, 1.54) is 0 Å². The van der Waals surface area contributed by atoms with E-state index < -0.39 is 42.2 Å². The fourth-order valence-corrected chi connectivity index (χ4v) is 7.25. The van der Waals surface area contributed by atoms with Gasteiger partial charge in [-0.1, -0.05) is 72.6 Å². The number of fused-ring (bicyclic) bond motifs is 1. The summed E-state index contributed by atoms with van der Waals surface area (Å²) in [4.78, 5) is 81.4. The minimum atomic E-state index is -0.458. The van der Waals surface area contributed by atoms with Gasteiger partial charge in [0.1, 0.15) is 0 Å². The molecule has 0 aliphatic heterocycles. The maximum atomic E-state index is 13.4. The van der Waals surface area contributed by atoms with E-state index in [0.29, 0.717) is 38.8 Å². The third kappa shape index (κ3) is 24.5. The van der Waals surface area contributed by atoms with Crippen LogP contribution in [0.4, 0.5) is 24.0 Å². The Bertz CT molecular complexity index is 1810. The summed E-state index contributed by atoms with van der Waals surface area (Å²) in [5, 5.41) is 33.3. The minimum absolute atomic E-state index is 0.0233. The van der Waals surface area contributed by atoms with Crippen molar-refractivity contribution in [1.29, 1.82) is 0 Å². The topological polar surface area (TPSA) is 303 Å². The molecule has 11 amide bonds. The number of aromatic amines is 1. The van der Waals surface area contributed by atoms with E-state index in [4.69, 9.17) is 11.5 Å². The van der Waals surface area contributed by atoms with Crippen molar-refractivity contribution >= 4 is 47.0 Å². The molecular formula is C48H88N14O6. The number of rotatable bonds is 31. The molecule has 2 aromatic rings. The molecule has 20 heteroatoms. The van der Waals surface area contributed by atoms with Gasteiger partial charge in [-0.2, -0.15) is 0 Å². The van der Waals surface area contributed by atoms with Crippen molar-refractivity contribution in [2.75, 3.05) is 39.3 Å². The van der Waals surface area contributed by atoms with Crippen LogP contribution >= 0.6 is 0 Å². The van der Waals surface area contributed by atoms with Crippen LogP contribution in [0.3, 0.4) is 0 Å². The van der Waals surface area contributed by atoms with E-state index >= 15 is 0 Å². The highest BCUT2D eigenvalue weighted by molar-refractivity contribution is 5.83. The SMILES string of the molecule is CC(C)NC(=O)N[C@H](CNC(=O)N[C@@H](CCCCN)CNC(=O)N[C@H](CNC(=O)N[C@@H](CCCCN)CNC(=O)N[C@H](CCC(=O)N[C@H](C)C(C)C)Cc1c[nH]c2ccccc12)C(C)C)C(C)C. The maximum Gasteiger partial charge on any atom is 0.315 e. The molecule has 2 rings (SSSR count). The van der Waals surface area contributed by atoms with E-state index in [-0.39, 0.29) is 86.5 Å². The van der Waals surface area contributed by atoms with Gasteiger partial charge in [0, 0.05) is 79.9 Å². The summed E-state index contributed by atoms with van der Waals surface area (Å²) in [5.41, 5.74) is 13.5. The summed E-state index contributed by atoms with van der Waals surface area (Å²) in [6, 6.07) is 3.97. The Morgan fingerprint density at radius 1 is 0.515 bits per heavy atom. The molecule has 1 aromatic carbocycles. The molecule has 6 atom stereocenters. The number of carbonyl (C=O) groups excluding carboxylic acids is 6. The highest BCUT2D eigenvalue weighted by atomic mass is 16.2. The molecule has 0 saturated carbocycles. The van der Waals surface area contributed by atoms with Gasteiger partial charge in [-0.25, -0.2) is 24.0 Å². The zero-order chi connectivity index (χ0) is 50.6. The molecule has 0 radical (unpaired) electrons. The number of hydrogen-bond acceptors (Lipinski definition) is 8. The molecule has 0 unspecified atom stereocenters. The fourth-order valence-electron chi connectivity index (χ4n) is 7.25. The van der Waals surface area contributed by atoms with Gasteiger partial charge >= 0.3 is 30.2 Å². The van der Waals surface area contributed by atoms with Gasteiger partial charge in [0.25, 0.3) is 0 Å². The molecule has 20 nitrogen and oxygen atoms in total. The number of unbranched alkanes of at least 4 members (excludes halogenated alkanes) is 2. The van der Waals surface area contributed by atoms with Crippen LogP contribution in [0.2, 0.25) is 0 Å². The number of H-pyrrole nitrogens is 1. The number of carbonyl (C=O) groups is 6. The van der Waals surface area contributed by atoms with Crippen LogP contribution in [0.5, 0.6) is 0 Å². The van der Waals surface area contributed by atoms with Crippen LogP contribution in [0.1, 0.15) is 119 Å². The summed E-state index contributed by atoms with van der Waals surface area (Å²) in [7, 11) is 0. The molecule has 0 fully saturated rings. The van der Waals surface area contributed by atoms with Gasteiger partial charge in [0.05, 0.1) is 12.1 Å². The first-order valence-electron chi connectivity index (χ1n) is 24.8. The average Bonchev–Trinajstić information content (AvgIpc) is 3.68. The van der Waals surface area contributed by atoms with Crippen molar-refractivity contribution in [2.45, 2.75) is 162 Å². The van der Waals surface area contributed by atoms with Crippen LogP contribution in [0.15, 0.2) is 30.5 Å². The van der Waals surface area contributed by atoms with Crippen LogP contribution in [0.25, 0.3) is 10.9 Å². The summed E-state index contributed by atoms with van der Waals surface area (Å²) in [6.45, 7) is 19.2. The number of benzene rings is 1. The standard InChI is InChI=1S/C48H88N14O6/c1-30(2)34(9)57-43(63)21-20-36(24-35-25-51-40-19-11-10-18-39(35)40)58-44(64)52-26-37(16-12-14-22-49)59-45(65)54-28-41(31(3)4)61-47(67)53-27-38(17-13-15-23-50)60-46(66)55-29-42(32(5)6)62-48(68)56-33(7)8/h10-11,18-19,25,30-34,36-38,41-42,51H,12-17,20-24,26-29,49-50H2,1-9H3,(H,57,63)(H2,52,58,64)(H2,53,61,67)(H2,54,59,65)(H2,55,60,66)(H2,56,62,68)/t34-,36-,37+,38+,41-,42-/m1/s1. The molecule has 0 aliphatic rings. The largest absolute Gasteiger partial charge is 0.361 e. The van der Waals surface area contributed by atoms with Crippen LogP contribution in [-0.2, 0) is 11.2 Å². The van der Waals surface area contributed by atoms with Crippen molar-refractivity contribution in [3.8, 4) is 0 Å². The van der Waals surface area contributed by atoms with Crippen molar-refractivity contribution in [2.24, 2.45) is 29.2 Å². The lowest BCUT2D eigenvalue weighted by Gasteiger charge is -2.26. The van der Waals surface area contributed by atoms with E-state index in [2.05, 4.69) is 77.3 Å². The first-order valence-corrected chi connectivity index (χ1v) is 24.8. The predicted molar refractivity (Wildman–Crippen MR) is 271 cm³/mol. The molecule has 1 aromatic heterocycles. The summed E-state index contributed by atoms with van der Waals surface area (Å²) >= 11 is 0. The molecule has 0 saturated heterocycles. The number of aromatic nitrogens is 1. The lowest BCUT2D eigenvalue weighted by atomic mass is 10.0. The Morgan fingerprint density at radius 2 is 0.985 bits per heavy atom. The van der Waals surface area contributed by atoms with Crippen LogP contribution in [-0.4, -0.2) is 123 Å². The lowest BCUT2D eigenvalue weighted by molar-refractivity contribution is -0.122. The quantitative estimate of drug-likeness (QED) is 0.0490. The Balaban J connectivity index is 1.99. The fraction of sp³-hybridized carbons (Fsp3) is 0.708. The second kappa shape index (κ2) is 32.3. The van der Waals surface area contributed by atoms with E-state index in [1.807, 2.05) is 78.9 Å². The summed E-state index contributed by atoms with van der Waals surface area (Å²) < 4.78 is 0. The predicted octanol–water partition coefficient (Wildman–Crippen LogP) is 3.97. The smallest absolute Gasteiger partial charge is 0.315 e. The molecular weight excluding hydrogens is 869 g/mol. The van der Waals surface area contributed by atoms with E-state index in [9.17, 15) is 28.8 Å². The van der Waals surface area contributed by atoms with E-state index in [1.54, 1.807) is 0 Å². The molecule has 16 N–H and O–H groups in total. The second-order valence-electron chi connectivity index (χ2n) is 19.3. The number of nitrogens with one attached hydrogen (secondary N) is 12. The highest BCUT2D eigenvalue weighted by Gasteiger charge is 2.23. The van der Waals surface area contributed by atoms with Gasteiger partial charge in [-0.3, -0.25) is 4.79 Å². The average molecular weight is 957 g/mol. The van der Waals surface area contributed by atoms with Crippen molar-refractivity contribution in [3.63, 3.8) is 0 Å². The van der Waals surface area contributed by atoms with Gasteiger partial charge in [-0.05, 0) is 102 Å². The molecule has 0 spiro atoms. The third-order valence-corrected chi connectivity index (χ3v) is 11.9. The van der Waals surface area contributed by atoms with Gasteiger partial charge < -0.3 is 74.9 Å². The summed E-state index contributed by atoms with van der Waals surface area (Å²) in [5.74, 6) is 0.223. The normalized spacial score (nSPS) is 14.0. The second-order valence-corrected chi connectivity index (χ2v) is 19.3. The first-order chi connectivity index (χ1) is 32.3.